The lowest BCUT2D eigenvalue weighted by molar-refractivity contribution is 0.414. The van der Waals surface area contributed by atoms with Crippen molar-refractivity contribution in [3.05, 3.63) is 63.6 Å². The van der Waals surface area contributed by atoms with E-state index in [4.69, 9.17) is 4.74 Å². The minimum atomic E-state index is -0.579. The van der Waals surface area contributed by atoms with Crippen LogP contribution in [0, 0.1) is 11.6 Å². The van der Waals surface area contributed by atoms with Crippen LogP contribution in [0.3, 0.4) is 0 Å². The summed E-state index contributed by atoms with van der Waals surface area (Å²) in [5.74, 6) is -0.487. The van der Waals surface area contributed by atoms with Gasteiger partial charge < -0.3 is 4.74 Å². The highest BCUT2D eigenvalue weighted by Crippen LogP contribution is 2.39. The van der Waals surface area contributed by atoms with Gasteiger partial charge in [-0.25, -0.2) is 8.78 Å². The van der Waals surface area contributed by atoms with Gasteiger partial charge in [-0.2, -0.15) is 0 Å². The number of benzene rings is 2. The molecule has 0 saturated carbocycles. The molecule has 0 fully saturated rings. The maximum absolute atomic E-state index is 13.8. The van der Waals surface area contributed by atoms with Crippen molar-refractivity contribution in [1.82, 2.24) is 0 Å². The molecule has 1 atom stereocenters. The molecule has 0 aromatic heterocycles. The number of hydrogen-bond acceptors (Lipinski definition) is 1. The summed E-state index contributed by atoms with van der Waals surface area (Å²) in [6.07, 6.45) is 0. The van der Waals surface area contributed by atoms with Crippen molar-refractivity contribution in [2.75, 3.05) is 7.11 Å². The van der Waals surface area contributed by atoms with Crippen molar-refractivity contribution in [2.45, 2.75) is 4.83 Å². The summed E-state index contributed by atoms with van der Waals surface area (Å²) >= 11 is 6.72. The fourth-order valence-electron chi connectivity index (χ4n) is 1.75. The third-order valence-electron chi connectivity index (χ3n) is 2.73. The Balaban J connectivity index is 2.47. The van der Waals surface area contributed by atoms with Gasteiger partial charge in [-0.1, -0.05) is 44.0 Å². The summed E-state index contributed by atoms with van der Waals surface area (Å²) in [5, 5.41) is 0. The molecule has 0 aliphatic heterocycles. The molecule has 2 aromatic rings. The molecule has 1 nitrogen and oxygen atoms in total. The van der Waals surface area contributed by atoms with Crippen molar-refractivity contribution in [3.8, 4) is 5.75 Å². The second-order valence-corrected chi connectivity index (χ2v) is 5.66. The van der Waals surface area contributed by atoms with E-state index in [1.807, 2.05) is 0 Å². The van der Waals surface area contributed by atoms with Crippen LogP contribution in [0.15, 0.2) is 40.9 Å². The Kier molecular flexibility index (Phi) is 4.58. The highest BCUT2D eigenvalue weighted by atomic mass is 79.9. The second-order valence-electron chi connectivity index (χ2n) is 3.89. The average molecular weight is 392 g/mol. The SMILES string of the molecule is COc1ccc(C(Br)c2c(F)cccc2F)c(Br)c1. The molecule has 5 heteroatoms. The number of methoxy groups -OCH3 is 1. The van der Waals surface area contributed by atoms with E-state index in [0.29, 0.717) is 5.75 Å². The molecule has 0 aliphatic carbocycles. The number of rotatable bonds is 3. The van der Waals surface area contributed by atoms with Crippen LogP contribution in [0.4, 0.5) is 8.78 Å². The fraction of sp³-hybridized carbons (Fsp3) is 0.143. The zero-order valence-electron chi connectivity index (χ0n) is 9.96. The van der Waals surface area contributed by atoms with Crippen LogP contribution in [0.2, 0.25) is 0 Å². The predicted molar refractivity (Wildman–Crippen MR) is 77.8 cm³/mol. The number of hydrogen-bond donors (Lipinski definition) is 0. The van der Waals surface area contributed by atoms with Gasteiger partial charge in [0.15, 0.2) is 0 Å². The minimum absolute atomic E-state index is 0.00614. The molecule has 100 valence electrons. The molecule has 0 saturated heterocycles. The first kappa shape index (κ1) is 14.5. The molecular weight excluding hydrogens is 382 g/mol. The Morgan fingerprint density at radius 3 is 2.26 bits per heavy atom. The van der Waals surface area contributed by atoms with E-state index in [0.717, 1.165) is 10.0 Å². The molecule has 19 heavy (non-hydrogen) atoms. The lowest BCUT2D eigenvalue weighted by atomic mass is 10.0. The van der Waals surface area contributed by atoms with Gasteiger partial charge in [0.2, 0.25) is 0 Å². The molecule has 0 heterocycles. The van der Waals surface area contributed by atoms with Crippen LogP contribution in [-0.2, 0) is 0 Å². The third-order valence-corrected chi connectivity index (χ3v) is 4.37. The number of halogens is 4. The maximum atomic E-state index is 13.8. The molecule has 2 rings (SSSR count). The molecule has 0 N–H and O–H groups in total. The first-order valence-corrected chi connectivity index (χ1v) is 7.17. The second kappa shape index (κ2) is 6.01. The largest absolute Gasteiger partial charge is 0.497 e. The van der Waals surface area contributed by atoms with Crippen molar-refractivity contribution in [2.24, 2.45) is 0 Å². The van der Waals surface area contributed by atoms with Crippen molar-refractivity contribution in [1.29, 1.82) is 0 Å². The zero-order valence-corrected chi connectivity index (χ0v) is 13.1. The van der Waals surface area contributed by atoms with E-state index in [9.17, 15) is 8.78 Å². The van der Waals surface area contributed by atoms with E-state index in [1.165, 1.54) is 18.2 Å². The van der Waals surface area contributed by atoms with Crippen LogP contribution < -0.4 is 4.74 Å². The normalized spacial score (nSPS) is 12.3. The van der Waals surface area contributed by atoms with Crippen LogP contribution in [0.5, 0.6) is 5.75 Å². The molecule has 0 bridgehead atoms. The molecule has 0 amide bonds. The number of alkyl halides is 1. The van der Waals surface area contributed by atoms with Crippen molar-refractivity contribution < 1.29 is 13.5 Å². The highest BCUT2D eigenvalue weighted by molar-refractivity contribution is 9.11. The van der Waals surface area contributed by atoms with E-state index >= 15 is 0 Å². The summed E-state index contributed by atoms with van der Waals surface area (Å²) in [7, 11) is 1.56. The summed E-state index contributed by atoms with van der Waals surface area (Å²) in [6.45, 7) is 0. The van der Waals surface area contributed by atoms with Gasteiger partial charge in [-0.15, -0.1) is 0 Å². The summed E-state index contributed by atoms with van der Waals surface area (Å²) in [6, 6.07) is 9.08. The van der Waals surface area contributed by atoms with Gasteiger partial charge in [0.25, 0.3) is 0 Å². The van der Waals surface area contributed by atoms with Gasteiger partial charge in [-0.3, -0.25) is 0 Å². The molecule has 0 spiro atoms. The maximum Gasteiger partial charge on any atom is 0.130 e. The Hall–Kier alpha value is -0.940. The smallest absolute Gasteiger partial charge is 0.130 e. The summed E-state index contributed by atoms with van der Waals surface area (Å²) < 4.78 is 33.3. The lowest BCUT2D eigenvalue weighted by Crippen LogP contribution is -2.01. The Morgan fingerprint density at radius 1 is 1.11 bits per heavy atom. The van der Waals surface area contributed by atoms with Crippen molar-refractivity contribution >= 4 is 31.9 Å². The van der Waals surface area contributed by atoms with E-state index in [1.54, 1.807) is 25.3 Å². The van der Waals surface area contributed by atoms with Gasteiger partial charge in [0.1, 0.15) is 17.4 Å². The van der Waals surface area contributed by atoms with E-state index < -0.39 is 16.5 Å². The van der Waals surface area contributed by atoms with Crippen LogP contribution in [-0.4, -0.2) is 7.11 Å². The standard InChI is InChI=1S/C14H10Br2F2O/c1-19-8-5-6-9(10(15)7-8)14(16)13-11(17)3-2-4-12(13)18/h2-7,14H,1H3. The summed E-state index contributed by atoms with van der Waals surface area (Å²) in [5.41, 5.74) is 0.721. The van der Waals surface area contributed by atoms with Gasteiger partial charge in [0, 0.05) is 10.0 Å². The van der Waals surface area contributed by atoms with Gasteiger partial charge in [-0.05, 0) is 29.8 Å². The van der Waals surface area contributed by atoms with Crippen LogP contribution in [0.1, 0.15) is 16.0 Å². The molecule has 2 aromatic carbocycles. The highest BCUT2D eigenvalue weighted by Gasteiger charge is 2.21. The van der Waals surface area contributed by atoms with Crippen molar-refractivity contribution in [3.63, 3.8) is 0 Å². The molecule has 0 radical (unpaired) electrons. The first-order chi connectivity index (χ1) is 9.04. The third kappa shape index (κ3) is 2.98. The van der Waals surface area contributed by atoms with Gasteiger partial charge >= 0.3 is 0 Å². The monoisotopic (exact) mass is 390 g/mol. The predicted octanol–water partition coefficient (Wildman–Crippen LogP) is 5.22. The first-order valence-electron chi connectivity index (χ1n) is 5.46. The Labute approximate surface area is 126 Å². The van der Waals surface area contributed by atoms with E-state index in [2.05, 4.69) is 31.9 Å². The average Bonchev–Trinajstić information content (AvgIpc) is 2.38. The summed E-state index contributed by atoms with van der Waals surface area (Å²) in [4.78, 5) is -0.575. The minimum Gasteiger partial charge on any atom is -0.497 e. The van der Waals surface area contributed by atoms with E-state index in [-0.39, 0.29) is 5.56 Å². The van der Waals surface area contributed by atoms with Gasteiger partial charge in [0.05, 0.1) is 11.9 Å². The fourth-order valence-corrected chi connectivity index (χ4v) is 3.48. The quantitative estimate of drug-likeness (QED) is 0.651. The topological polar surface area (TPSA) is 9.23 Å². The number of ether oxygens (including phenoxy) is 1. The van der Waals surface area contributed by atoms with Crippen LogP contribution >= 0.6 is 31.9 Å². The Morgan fingerprint density at radius 2 is 1.74 bits per heavy atom. The zero-order chi connectivity index (χ0) is 14.0. The molecule has 0 aliphatic rings. The lowest BCUT2D eigenvalue weighted by Gasteiger charge is -2.15. The molecular formula is C14H10Br2F2O. The molecule has 1 unspecified atom stereocenters. The Bertz CT molecular complexity index is 582. The van der Waals surface area contributed by atoms with Crippen LogP contribution in [0.25, 0.3) is 0 Å².